The lowest BCUT2D eigenvalue weighted by Gasteiger charge is -2.28. The molecule has 164 valence electrons. The van der Waals surface area contributed by atoms with Crippen LogP contribution in [0.5, 0.6) is 11.5 Å². The number of aliphatic hydroxyl groups excluding tert-OH is 1. The van der Waals surface area contributed by atoms with Gasteiger partial charge in [-0.3, -0.25) is 4.90 Å². The monoisotopic (exact) mass is 422 g/mol. The van der Waals surface area contributed by atoms with E-state index in [1.807, 2.05) is 12.1 Å². The summed E-state index contributed by atoms with van der Waals surface area (Å²) < 4.78 is 43.1. The Morgan fingerprint density at radius 2 is 1.90 bits per heavy atom. The number of morpholine rings is 1. The molecule has 0 radical (unpaired) electrons. The molecule has 8 heteroatoms. The van der Waals surface area contributed by atoms with Gasteiger partial charge in [-0.25, -0.2) is 8.78 Å². The standard InChI is InChI=1S/C22H28F2N2O4/c1-28-22-10-16(12-25-13-17-3-4-18(23)11-20(17)24)2-5-21(22)30-15-19(27)14-26-6-8-29-9-7-26/h2-5,10-11,19,25,27H,6-9,12-15H2,1H3/t19-/m1/s1. The molecule has 2 aromatic rings. The number of methoxy groups -OCH3 is 1. The average molecular weight is 422 g/mol. The van der Waals surface area contributed by atoms with E-state index in [9.17, 15) is 13.9 Å². The fourth-order valence-corrected chi connectivity index (χ4v) is 3.27. The van der Waals surface area contributed by atoms with Gasteiger partial charge in [0.15, 0.2) is 11.5 Å². The van der Waals surface area contributed by atoms with Gasteiger partial charge >= 0.3 is 0 Å². The smallest absolute Gasteiger partial charge is 0.161 e. The molecule has 0 saturated carbocycles. The van der Waals surface area contributed by atoms with Crippen LogP contribution in [0.1, 0.15) is 11.1 Å². The zero-order chi connectivity index (χ0) is 21.3. The second-order valence-electron chi connectivity index (χ2n) is 7.20. The van der Waals surface area contributed by atoms with Crippen molar-refractivity contribution in [2.75, 3.05) is 46.6 Å². The van der Waals surface area contributed by atoms with Gasteiger partial charge in [-0.2, -0.15) is 0 Å². The third kappa shape index (κ3) is 6.63. The molecular formula is C22H28F2N2O4. The van der Waals surface area contributed by atoms with Crippen LogP contribution in [-0.4, -0.2) is 62.7 Å². The fourth-order valence-electron chi connectivity index (χ4n) is 3.27. The summed E-state index contributed by atoms with van der Waals surface area (Å²) in [5.41, 5.74) is 1.33. The largest absolute Gasteiger partial charge is 0.493 e. The maximum atomic E-state index is 13.7. The highest BCUT2D eigenvalue weighted by Gasteiger charge is 2.16. The predicted molar refractivity (Wildman–Crippen MR) is 109 cm³/mol. The minimum atomic E-state index is -0.611. The molecule has 2 aromatic carbocycles. The summed E-state index contributed by atoms with van der Waals surface area (Å²) in [6, 6.07) is 9.04. The predicted octanol–water partition coefficient (Wildman–Crippen LogP) is 2.34. The number of nitrogens with zero attached hydrogens (tertiary/aromatic N) is 1. The number of nitrogens with one attached hydrogen (secondary N) is 1. The molecule has 1 aliphatic heterocycles. The van der Waals surface area contributed by atoms with Gasteiger partial charge in [-0.05, 0) is 23.8 Å². The number of ether oxygens (including phenoxy) is 3. The van der Waals surface area contributed by atoms with Crippen LogP contribution in [0.3, 0.4) is 0 Å². The molecule has 0 aromatic heterocycles. The Bertz CT molecular complexity index is 816. The minimum Gasteiger partial charge on any atom is -0.493 e. The van der Waals surface area contributed by atoms with Crippen molar-refractivity contribution in [3.8, 4) is 11.5 Å². The van der Waals surface area contributed by atoms with Crippen molar-refractivity contribution < 1.29 is 28.1 Å². The van der Waals surface area contributed by atoms with Crippen LogP contribution in [0.4, 0.5) is 8.78 Å². The summed E-state index contributed by atoms with van der Waals surface area (Å²) in [6.45, 7) is 4.44. The summed E-state index contributed by atoms with van der Waals surface area (Å²) in [5, 5.41) is 13.4. The molecule has 1 heterocycles. The van der Waals surface area contributed by atoms with Gasteiger partial charge in [-0.15, -0.1) is 0 Å². The number of benzene rings is 2. The first kappa shape index (κ1) is 22.4. The zero-order valence-electron chi connectivity index (χ0n) is 17.1. The molecule has 30 heavy (non-hydrogen) atoms. The van der Waals surface area contributed by atoms with Crippen LogP contribution in [0, 0.1) is 11.6 Å². The van der Waals surface area contributed by atoms with Crippen LogP contribution in [0.15, 0.2) is 36.4 Å². The number of halogens is 2. The second kappa shape index (κ2) is 11.2. The summed E-state index contributed by atoms with van der Waals surface area (Å²) >= 11 is 0. The van der Waals surface area contributed by atoms with Gasteiger partial charge in [0.1, 0.15) is 24.3 Å². The number of hydrogen-bond acceptors (Lipinski definition) is 6. The lowest BCUT2D eigenvalue weighted by Crippen LogP contribution is -2.42. The van der Waals surface area contributed by atoms with Crippen molar-refractivity contribution in [3.63, 3.8) is 0 Å². The lowest BCUT2D eigenvalue weighted by molar-refractivity contribution is 0.00445. The summed E-state index contributed by atoms with van der Waals surface area (Å²) in [6.07, 6.45) is -0.611. The van der Waals surface area contributed by atoms with Gasteiger partial charge < -0.3 is 24.6 Å². The first-order valence-electron chi connectivity index (χ1n) is 9.97. The van der Waals surface area contributed by atoms with Gasteiger partial charge in [0.25, 0.3) is 0 Å². The molecule has 0 amide bonds. The molecule has 1 atom stereocenters. The third-order valence-electron chi connectivity index (χ3n) is 4.89. The van der Waals surface area contributed by atoms with E-state index in [2.05, 4.69) is 10.2 Å². The molecule has 1 aliphatic rings. The first-order chi connectivity index (χ1) is 14.5. The van der Waals surface area contributed by atoms with E-state index in [1.54, 1.807) is 13.2 Å². The van der Waals surface area contributed by atoms with Crippen molar-refractivity contribution in [1.29, 1.82) is 0 Å². The minimum absolute atomic E-state index is 0.162. The first-order valence-corrected chi connectivity index (χ1v) is 9.97. The van der Waals surface area contributed by atoms with Gasteiger partial charge in [-0.1, -0.05) is 12.1 Å². The quantitative estimate of drug-likeness (QED) is 0.613. The summed E-state index contributed by atoms with van der Waals surface area (Å²) in [5.74, 6) is -0.0567. The van der Waals surface area contributed by atoms with Gasteiger partial charge in [0.05, 0.1) is 20.3 Å². The number of aliphatic hydroxyl groups is 1. The highest BCUT2D eigenvalue weighted by Crippen LogP contribution is 2.28. The maximum Gasteiger partial charge on any atom is 0.161 e. The van der Waals surface area contributed by atoms with Crippen molar-refractivity contribution in [2.24, 2.45) is 0 Å². The van der Waals surface area contributed by atoms with E-state index in [4.69, 9.17) is 14.2 Å². The van der Waals surface area contributed by atoms with Crippen molar-refractivity contribution in [3.05, 3.63) is 59.2 Å². The van der Waals surface area contributed by atoms with Crippen LogP contribution in [-0.2, 0) is 17.8 Å². The average Bonchev–Trinajstić information content (AvgIpc) is 2.75. The van der Waals surface area contributed by atoms with Crippen molar-refractivity contribution in [2.45, 2.75) is 19.2 Å². The van der Waals surface area contributed by atoms with Crippen LogP contribution < -0.4 is 14.8 Å². The second-order valence-corrected chi connectivity index (χ2v) is 7.20. The molecule has 1 fully saturated rings. The van der Waals surface area contributed by atoms with Crippen LogP contribution >= 0.6 is 0 Å². The molecule has 0 unspecified atom stereocenters. The Morgan fingerprint density at radius 3 is 2.63 bits per heavy atom. The summed E-state index contributed by atoms with van der Waals surface area (Å²) in [7, 11) is 1.55. The fraction of sp³-hybridized carbons (Fsp3) is 0.455. The summed E-state index contributed by atoms with van der Waals surface area (Å²) in [4.78, 5) is 2.15. The third-order valence-corrected chi connectivity index (χ3v) is 4.89. The van der Waals surface area contributed by atoms with Gasteiger partial charge in [0, 0.05) is 44.4 Å². The normalized spacial score (nSPS) is 15.7. The Labute approximate surface area is 175 Å². The van der Waals surface area contributed by atoms with Crippen LogP contribution in [0.25, 0.3) is 0 Å². The van der Waals surface area contributed by atoms with E-state index in [-0.39, 0.29) is 13.2 Å². The molecule has 0 spiro atoms. The Kier molecular flexibility index (Phi) is 8.39. The molecule has 0 bridgehead atoms. The van der Waals surface area contributed by atoms with Crippen molar-refractivity contribution >= 4 is 0 Å². The maximum absolute atomic E-state index is 13.7. The number of hydrogen-bond donors (Lipinski definition) is 2. The molecule has 1 saturated heterocycles. The van der Waals surface area contributed by atoms with E-state index in [1.165, 1.54) is 12.1 Å². The molecule has 0 aliphatic carbocycles. The topological polar surface area (TPSA) is 63.2 Å². The number of β-amino-alcohol motifs (C(OH)–C–C–N with tert-alkyl or cyclic N) is 1. The molecule has 6 nitrogen and oxygen atoms in total. The number of rotatable bonds is 10. The highest BCUT2D eigenvalue weighted by molar-refractivity contribution is 5.43. The van der Waals surface area contributed by atoms with E-state index in [0.717, 1.165) is 24.7 Å². The molecular weight excluding hydrogens is 394 g/mol. The van der Waals surface area contributed by atoms with E-state index in [0.29, 0.717) is 43.4 Å². The molecule has 2 N–H and O–H groups in total. The lowest BCUT2D eigenvalue weighted by atomic mass is 10.1. The van der Waals surface area contributed by atoms with E-state index < -0.39 is 17.7 Å². The zero-order valence-corrected chi connectivity index (χ0v) is 17.1. The van der Waals surface area contributed by atoms with Crippen molar-refractivity contribution in [1.82, 2.24) is 10.2 Å². The van der Waals surface area contributed by atoms with E-state index >= 15 is 0 Å². The Balaban J connectivity index is 1.48. The van der Waals surface area contributed by atoms with Gasteiger partial charge in [0.2, 0.25) is 0 Å². The van der Waals surface area contributed by atoms with Crippen LogP contribution in [0.2, 0.25) is 0 Å². The Hall–Kier alpha value is -2.26. The SMILES string of the molecule is COc1cc(CNCc2ccc(F)cc2F)ccc1OC[C@H](O)CN1CCOCC1. The Morgan fingerprint density at radius 1 is 1.10 bits per heavy atom. The molecule has 3 rings (SSSR count). The highest BCUT2D eigenvalue weighted by atomic mass is 19.1.